The zero-order valence-corrected chi connectivity index (χ0v) is 15.9. The Kier molecular flexibility index (Phi) is 6.26. The fourth-order valence-electron chi connectivity index (χ4n) is 2.95. The first kappa shape index (κ1) is 19.4. The fraction of sp³-hybridized carbons (Fsp3) is 0.286. The molecule has 0 aliphatic carbocycles. The third-order valence-electron chi connectivity index (χ3n) is 4.47. The number of hydrogen-bond donors (Lipinski definition) is 2. The van der Waals surface area contributed by atoms with Gasteiger partial charge < -0.3 is 15.5 Å². The molecule has 3 aromatic rings. The quantitative estimate of drug-likeness (QED) is 0.625. The number of carbonyl (C=O) groups is 1. The Balaban J connectivity index is 1.64. The van der Waals surface area contributed by atoms with Gasteiger partial charge in [0.1, 0.15) is 5.76 Å². The topological polar surface area (TPSA) is 103 Å². The van der Waals surface area contributed by atoms with Crippen LogP contribution >= 0.6 is 0 Å². The zero-order chi connectivity index (χ0) is 19.9. The summed E-state index contributed by atoms with van der Waals surface area (Å²) in [7, 11) is 0. The molecule has 0 radical (unpaired) electrons. The molecule has 146 valence electrons. The summed E-state index contributed by atoms with van der Waals surface area (Å²) in [4.78, 5) is 28.0. The lowest BCUT2D eigenvalue weighted by Crippen LogP contribution is -2.32. The van der Waals surface area contributed by atoms with Crippen molar-refractivity contribution in [3.8, 4) is 11.3 Å². The van der Waals surface area contributed by atoms with Crippen molar-refractivity contribution in [2.45, 2.75) is 32.7 Å². The maximum Gasteiger partial charge on any atom is 0.255 e. The van der Waals surface area contributed by atoms with Crippen molar-refractivity contribution >= 4 is 11.9 Å². The molecule has 3 N–H and O–H groups in total. The van der Waals surface area contributed by atoms with Crippen molar-refractivity contribution in [3.05, 3.63) is 70.3 Å². The highest BCUT2D eigenvalue weighted by molar-refractivity contribution is 5.75. The van der Waals surface area contributed by atoms with Crippen LogP contribution in [-0.4, -0.2) is 22.0 Å². The summed E-state index contributed by atoms with van der Waals surface area (Å²) < 4.78 is 6.81. The summed E-state index contributed by atoms with van der Waals surface area (Å²) in [6, 6.07) is 13.4. The van der Waals surface area contributed by atoms with Crippen molar-refractivity contribution in [2.75, 3.05) is 12.3 Å². The number of nitrogens with two attached hydrogens (primary N) is 1. The molecule has 1 amide bonds. The second kappa shape index (κ2) is 9.03. The molecule has 7 heteroatoms. The Labute approximate surface area is 163 Å². The predicted molar refractivity (Wildman–Crippen MR) is 108 cm³/mol. The summed E-state index contributed by atoms with van der Waals surface area (Å²) in [5.41, 5.74) is 8.54. The normalized spacial score (nSPS) is 10.8. The lowest BCUT2D eigenvalue weighted by molar-refractivity contribution is -0.120. The number of anilines is 1. The van der Waals surface area contributed by atoms with Gasteiger partial charge in [-0.2, -0.15) is 0 Å². The summed E-state index contributed by atoms with van der Waals surface area (Å²) in [6.45, 7) is 2.42. The van der Waals surface area contributed by atoms with Crippen LogP contribution in [-0.2, 0) is 24.2 Å². The van der Waals surface area contributed by atoms with Gasteiger partial charge in [0.2, 0.25) is 11.9 Å². The molecule has 2 heterocycles. The average Bonchev–Trinajstić information content (AvgIpc) is 3.23. The van der Waals surface area contributed by atoms with Gasteiger partial charge in [0.25, 0.3) is 5.56 Å². The summed E-state index contributed by atoms with van der Waals surface area (Å²) in [5.74, 6) is 0.924. The molecule has 0 fully saturated rings. The number of hydrogen-bond acceptors (Lipinski definition) is 5. The Bertz CT molecular complexity index is 993. The Morgan fingerprint density at radius 1 is 1.21 bits per heavy atom. The van der Waals surface area contributed by atoms with Crippen molar-refractivity contribution in [1.29, 1.82) is 0 Å². The van der Waals surface area contributed by atoms with Crippen molar-refractivity contribution in [3.63, 3.8) is 0 Å². The molecule has 3 rings (SSSR count). The number of furan rings is 1. The number of carbonyl (C=O) groups excluding carboxylic acids is 1. The molecule has 0 bridgehead atoms. The average molecular weight is 380 g/mol. The van der Waals surface area contributed by atoms with Crippen LogP contribution in [0.4, 0.5) is 5.95 Å². The third kappa shape index (κ3) is 4.88. The number of nitrogen functional groups attached to an aromatic ring is 1. The Morgan fingerprint density at radius 3 is 2.79 bits per heavy atom. The number of nitrogens with one attached hydrogen (secondary N) is 1. The van der Waals surface area contributed by atoms with Gasteiger partial charge in [0, 0.05) is 31.1 Å². The number of aryl methyl sites for hydroxylation is 2. The van der Waals surface area contributed by atoms with Crippen LogP contribution in [0.15, 0.2) is 57.9 Å². The van der Waals surface area contributed by atoms with Crippen LogP contribution in [0.1, 0.15) is 24.6 Å². The van der Waals surface area contributed by atoms with Gasteiger partial charge in [0.05, 0.1) is 12.0 Å². The maximum absolute atomic E-state index is 12.3. The molecule has 0 unspecified atom stereocenters. The van der Waals surface area contributed by atoms with Crippen molar-refractivity contribution in [2.24, 2.45) is 0 Å². The molecular formula is C21H24N4O3. The van der Waals surface area contributed by atoms with Crippen molar-refractivity contribution in [1.82, 2.24) is 14.9 Å². The first-order chi connectivity index (χ1) is 13.6. The Morgan fingerprint density at radius 2 is 2.07 bits per heavy atom. The van der Waals surface area contributed by atoms with Crippen LogP contribution in [0.5, 0.6) is 0 Å². The lowest BCUT2D eigenvalue weighted by Gasteiger charge is -2.11. The van der Waals surface area contributed by atoms with E-state index in [0.29, 0.717) is 31.6 Å². The van der Waals surface area contributed by atoms with E-state index in [1.807, 2.05) is 30.3 Å². The van der Waals surface area contributed by atoms with Crippen LogP contribution in [0.25, 0.3) is 11.3 Å². The molecule has 28 heavy (non-hydrogen) atoms. The van der Waals surface area contributed by atoms with E-state index in [2.05, 4.69) is 16.4 Å². The third-order valence-corrected chi connectivity index (χ3v) is 4.47. The van der Waals surface area contributed by atoms with E-state index in [9.17, 15) is 9.59 Å². The molecule has 0 saturated heterocycles. The molecule has 2 aromatic heterocycles. The molecule has 0 aliphatic rings. The zero-order valence-electron chi connectivity index (χ0n) is 15.9. The van der Waals surface area contributed by atoms with Gasteiger partial charge in [-0.15, -0.1) is 0 Å². The maximum atomic E-state index is 12.3. The van der Waals surface area contributed by atoms with E-state index < -0.39 is 0 Å². The fourth-order valence-corrected chi connectivity index (χ4v) is 2.95. The lowest BCUT2D eigenvalue weighted by atomic mass is 10.0. The monoisotopic (exact) mass is 380 g/mol. The second-order valence-electron chi connectivity index (χ2n) is 6.48. The molecule has 0 atom stereocenters. The SMILES string of the molecule is CCC(=O)NCCn1c(N)nc(CCc2cccc(-c3ccco3)c2)cc1=O. The Hall–Kier alpha value is -3.35. The summed E-state index contributed by atoms with van der Waals surface area (Å²) in [6.07, 6.45) is 3.39. The van der Waals surface area contributed by atoms with E-state index in [-0.39, 0.29) is 17.4 Å². The van der Waals surface area contributed by atoms with E-state index in [4.69, 9.17) is 10.2 Å². The van der Waals surface area contributed by atoms with E-state index in [1.165, 1.54) is 10.6 Å². The number of benzene rings is 1. The highest BCUT2D eigenvalue weighted by Crippen LogP contribution is 2.21. The van der Waals surface area contributed by atoms with Crippen LogP contribution in [0.3, 0.4) is 0 Å². The summed E-state index contributed by atoms with van der Waals surface area (Å²) >= 11 is 0. The first-order valence-corrected chi connectivity index (χ1v) is 9.32. The van der Waals surface area contributed by atoms with Crippen LogP contribution in [0, 0.1) is 0 Å². The van der Waals surface area contributed by atoms with Crippen LogP contribution < -0.4 is 16.6 Å². The van der Waals surface area contributed by atoms with Gasteiger partial charge in [0.15, 0.2) is 0 Å². The molecule has 0 spiro atoms. The number of amides is 1. The summed E-state index contributed by atoms with van der Waals surface area (Å²) in [5, 5.41) is 2.72. The first-order valence-electron chi connectivity index (χ1n) is 9.32. The van der Waals surface area contributed by atoms with Gasteiger partial charge in [-0.3, -0.25) is 14.2 Å². The smallest absolute Gasteiger partial charge is 0.255 e. The standard InChI is InChI=1S/C21H24N4O3/c1-2-19(26)23-10-11-25-20(27)14-17(24-21(25)22)9-8-15-5-3-6-16(13-15)18-7-4-12-28-18/h3-7,12-14H,2,8-11H2,1H3,(H2,22,24)(H,23,26). The second-order valence-corrected chi connectivity index (χ2v) is 6.48. The number of rotatable bonds is 8. The van der Waals surface area contributed by atoms with Gasteiger partial charge in [-0.25, -0.2) is 4.98 Å². The minimum atomic E-state index is -0.211. The molecule has 0 aliphatic heterocycles. The molecule has 0 saturated carbocycles. The van der Waals surface area contributed by atoms with Gasteiger partial charge in [-0.1, -0.05) is 25.1 Å². The molecule has 1 aromatic carbocycles. The predicted octanol–water partition coefficient (Wildman–Crippen LogP) is 2.40. The largest absolute Gasteiger partial charge is 0.464 e. The highest BCUT2D eigenvalue weighted by Gasteiger charge is 2.08. The number of nitrogens with zero attached hydrogens (tertiary/aromatic N) is 2. The minimum absolute atomic E-state index is 0.0621. The number of aromatic nitrogens is 2. The molecule has 7 nitrogen and oxygen atoms in total. The minimum Gasteiger partial charge on any atom is -0.464 e. The van der Waals surface area contributed by atoms with E-state index in [0.717, 1.165) is 23.3 Å². The molecular weight excluding hydrogens is 356 g/mol. The highest BCUT2D eigenvalue weighted by atomic mass is 16.3. The van der Waals surface area contributed by atoms with Crippen LogP contribution in [0.2, 0.25) is 0 Å². The van der Waals surface area contributed by atoms with Crippen molar-refractivity contribution < 1.29 is 9.21 Å². The van der Waals surface area contributed by atoms with E-state index in [1.54, 1.807) is 13.2 Å². The van der Waals surface area contributed by atoms with Gasteiger partial charge >= 0.3 is 0 Å². The van der Waals surface area contributed by atoms with Gasteiger partial charge in [-0.05, 0) is 36.6 Å². The van der Waals surface area contributed by atoms with E-state index >= 15 is 0 Å².